The molecular formula is C11H13NO2. The van der Waals surface area contributed by atoms with Crippen LogP contribution in [0.15, 0.2) is 40.0 Å². The van der Waals surface area contributed by atoms with E-state index in [0.717, 1.165) is 16.7 Å². The summed E-state index contributed by atoms with van der Waals surface area (Å²) in [7, 11) is 1.92. The highest BCUT2D eigenvalue weighted by atomic mass is 16.3. The maximum atomic E-state index is 5.16. The highest BCUT2D eigenvalue weighted by molar-refractivity contribution is 5.31. The smallest absolute Gasteiger partial charge is 0.0956 e. The van der Waals surface area contributed by atoms with Crippen molar-refractivity contribution in [3.63, 3.8) is 0 Å². The van der Waals surface area contributed by atoms with E-state index in [-0.39, 0.29) is 6.04 Å². The minimum atomic E-state index is 0.146. The fourth-order valence-electron chi connectivity index (χ4n) is 1.61. The summed E-state index contributed by atoms with van der Waals surface area (Å²) in [6.45, 7) is 2.03. The number of hydrogen-bond acceptors (Lipinski definition) is 3. The second-order valence-electron chi connectivity index (χ2n) is 3.29. The van der Waals surface area contributed by atoms with Crippen molar-refractivity contribution in [2.24, 2.45) is 0 Å². The van der Waals surface area contributed by atoms with E-state index in [2.05, 4.69) is 5.32 Å². The second-order valence-corrected chi connectivity index (χ2v) is 3.29. The van der Waals surface area contributed by atoms with E-state index in [1.807, 2.05) is 20.0 Å². The Balaban J connectivity index is 2.36. The molecule has 0 saturated heterocycles. The molecule has 0 spiro atoms. The number of furan rings is 2. The van der Waals surface area contributed by atoms with E-state index in [0.29, 0.717) is 0 Å². The number of aryl methyl sites for hydroxylation is 1. The first-order valence-corrected chi connectivity index (χ1v) is 4.55. The van der Waals surface area contributed by atoms with Gasteiger partial charge < -0.3 is 14.2 Å². The fourth-order valence-corrected chi connectivity index (χ4v) is 1.61. The van der Waals surface area contributed by atoms with Crippen LogP contribution >= 0.6 is 0 Å². The molecule has 0 saturated carbocycles. The minimum absolute atomic E-state index is 0.146. The molecule has 1 atom stereocenters. The highest BCUT2D eigenvalue weighted by Gasteiger charge is 2.16. The molecule has 0 aliphatic rings. The summed E-state index contributed by atoms with van der Waals surface area (Å²) in [5.74, 6) is 0. The van der Waals surface area contributed by atoms with Crippen LogP contribution in [0.1, 0.15) is 22.7 Å². The normalized spacial score (nSPS) is 13.0. The van der Waals surface area contributed by atoms with E-state index >= 15 is 0 Å². The van der Waals surface area contributed by atoms with Crippen molar-refractivity contribution in [3.05, 3.63) is 47.8 Å². The van der Waals surface area contributed by atoms with Crippen LogP contribution < -0.4 is 5.32 Å². The van der Waals surface area contributed by atoms with E-state index in [1.54, 1.807) is 25.1 Å². The lowest BCUT2D eigenvalue weighted by Gasteiger charge is -2.12. The number of rotatable bonds is 3. The predicted molar refractivity (Wildman–Crippen MR) is 53.1 cm³/mol. The monoisotopic (exact) mass is 191 g/mol. The summed E-state index contributed by atoms with van der Waals surface area (Å²) in [5, 5.41) is 3.23. The summed E-state index contributed by atoms with van der Waals surface area (Å²) in [6.07, 6.45) is 6.94. The first-order valence-electron chi connectivity index (χ1n) is 4.55. The van der Waals surface area contributed by atoms with Crippen molar-refractivity contribution in [2.45, 2.75) is 13.0 Å². The van der Waals surface area contributed by atoms with E-state index in [4.69, 9.17) is 8.83 Å². The lowest BCUT2D eigenvalue weighted by Crippen LogP contribution is -2.17. The van der Waals surface area contributed by atoms with Crippen LogP contribution in [-0.4, -0.2) is 7.05 Å². The van der Waals surface area contributed by atoms with Crippen molar-refractivity contribution >= 4 is 0 Å². The predicted octanol–water partition coefficient (Wildman–Crippen LogP) is 2.49. The summed E-state index contributed by atoms with van der Waals surface area (Å²) >= 11 is 0. The Hall–Kier alpha value is -1.48. The molecule has 2 rings (SSSR count). The van der Waals surface area contributed by atoms with Gasteiger partial charge in [0.25, 0.3) is 0 Å². The van der Waals surface area contributed by atoms with Gasteiger partial charge in [-0.3, -0.25) is 0 Å². The zero-order chi connectivity index (χ0) is 9.97. The van der Waals surface area contributed by atoms with E-state index in [1.165, 1.54) is 0 Å². The third kappa shape index (κ3) is 1.46. The van der Waals surface area contributed by atoms with Gasteiger partial charge in [0, 0.05) is 11.1 Å². The molecular weight excluding hydrogens is 178 g/mol. The molecule has 2 aromatic rings. The van der Waals surface area contributed by atoms with Crippen molar-refractivity contribution in [1.82, 2.24) is 5.32 Å². The molecule has 14 heavy (non-hydrogen) atoms. The maximum absolute atomic E-state index is 5.16. The Morgan fingerprint density at radius 3 is 2.57 bits per heavy atom. The number of nitrogens with one attached hydrogen (secondary N) is 1. The van der Waals surface area contributed by atoms with Crippen molar-refractivity contribution in [1.29, 1.82) is 0 Å². The second kappa shape index (κ2) is 3.72. The molecule has 0 amide bonds. The zero-order valence-corrected chi connectivity index (χ0v) is 8.28. The molecule has 1 unspecified atom stereocenters. The van der Waals surface area contributed by atoms with E-state index < -0.39 is 0 Å². The van der Waals surface area contributed by atoms with Crippen LogP contribution in [0.5, 0.6) is 0 Å². The van der Waals surface area contributed by atoms with Crippen molar-refractivity contribution in [2.75, 3.05) is 7.05 Å². The molecule has 2 aromatic heterocycles. The van der Waals surface area contributed by atoms with Crippen LogP contribution in [0.4, 0.5) is 0 Å². The Labute approximate surface area is 82.7 Å². The molecule has 1 N–H and O–H groups in total. The SMILES string of the molecule is CNC(c1ccoc1)c1cocc1C. The molecule has 0 aromatic carbocycles. The van der Waals surface area contributed by atoms with Crippen LogP contribution in [0, 0.1) is 6.92 Å². The summed E-state index contributed by atoms with van der Waals surface area (Å²) in [6, 6.07) is 2.10. The quantitative estimate of drug-likeness (QED) is 0.810. The molecule has 0 bridgehead atoms. The number of hydrogen-bond donors (Lipinski definition) is 1. The van der Waals surface area contributed by atoms with Gasteiger partial charge in [0.05, 0.1) is 31.1 Å². The van der Waals surface area contributed by atoms with Crippen LogP contribution in [0.25, 0.3) is 0 Å². The first-order chi connectivity index (χ1) is 6.83. The van der Waals surface area contributed by atoms with E-state index in [9.17, 15) is 0 Å². The van der Waals surface area contributed by atoms with Gasteiger partial charge in [-0.25, -0.2) is 0 Å². The van der Waals surface area contributed by atoms with Gasteiger partial charge >= 0.3 is 0 Å². The highest BCUT2D eigenvalue weighted by Crippen LogP contribution is 2.25. The zero-order valence-electron chi connectivity index (χ0n) is 8.28. The van der Waals surface area contributed by atoms with Gasteiger partial charge in [-0.1, -0.05) is 0 Å². The summed E-state index contributed by atoms with van der Waals surface area (Å²) in [4.78, 5) is 0. The average molecular weight is 191 g/mol. The topological polar surface area (TPSA) is 38.3 Å². The van der Waals surface area contributed by atoms with Crippen molar-refractivity contribution < 1.29 is 8.83 Å². The summed E-state index contributed by atoms with van der Waals surface area (Å²) < 4.78 is 10.2. The molecule has 0 radical (unpaired) electrons. The third-order valence-corrected chi connectivity index (χ3v) is 2.37. The van der Waals surface area contributed by atoms with Gasteiger partial charge in [-0.2, -0.15) is 0 Å². The molecule has 0 aliphatic carbocycles. The largest absolute Gasteiger partial charge is 0.472 e. The molecule has 3 nitrogen and oxygen atoms in total. The fraction of sp³-hybridized carbons (Fsp3) is 0.273. The Kier molecular flexibility index (Phi) is 2.41. The Morgan fingerprint density at radius 2 is 2.07 bits per heavy atom. The lowest BCUT2D eigenvalue weighted by atomic mass is 10.0. The van der Waals surface area contributed by atoms with Gasteiger partial charge in [0.1, 0.15) is 0 Å². The van der Waals surface area contributed by atoms with Gasteiger partial charge in [-0.05, 0) is 25.6 Å². The molecule has 0 fully saturated rings. The van der Waals surface area contributed by atoms with Crippen LogP contribution in [-0.2, 0) is 0 Å². The molecule has 74 valence electrons. The standard InChI is InChI=1S/C11H13NO2/c1-8-5-14-7-10(8)11(12-2)9-3-4-13-6-9/h3-7,11-12H,1-2H3. The third-order valence-electron chi connectivity index (χ3n) is 2.37. The Bertz CT molecular complexity index is 389. The molecule has 0 aliphatic heterocycles. The van der Waals surface area contributed by atoms with Crippen molar-refractivity contribution in [3.8, 4) is 0 Å². The first kappa shape index (κ1) is 9.09. The lowest BCUT2D eigenvalue weighted by molar-refractivity contribution is 0.548. The van der Waals surface area contributed by atoms with Gasteiger partial charge in [-0.15, -0.1) is 0 Å². The average Bonchev–Trinajstić information content (AvgIpc) is 2.80. The van der Waals surface area contributed by atoms with Gasteiger partial charge in [0.2, 0.25) is 0 Å². The van der Waals surface area contributed by atoms with Crippen LogP contribution in [0.2, 0.25) is 0 Å². The minimum Gasteiger partial charge on any atom is -0.472 e. The van der Waals surface area contributed by atoms with Crippen LogP contribution in [0.3, 0.4) is 0 Å². The van der Waals surface area contributed by atoms with Gasteiger partial charge in [0.15, 0.2) is 0 Å². The molecule has 3 heteroatoms. The Morgan fingerprint density at radius 1 is 1.21 bits per heavy atom. The maximum Gasteiger partial charge on any atom is 0.0956 e. The summed E-state index contributed by atoms with van der Waals surface area (Å²) in [5.41, 5.74) is 3.40. The molecule has 2 heterocycles.